The molecule has 4 rings (SSSR count). The third-order valence-corrected chi connectivity index (χ3v) is 6.94. The molecule has 2 aliphatic rings. The van der Waals surface area contributed by atoms with E-state index in [0.29, 0.717) is 12.6 Å². The molecule has 2 aromatic rings. The molecule has 1 amide bonds. The molecule has 1 fully saturated rings. The summed E-state index contributed by atoms with van der Waals surface area (Å²) in [6, 6.07) is 15.4. The van der Waals surface area contributed by atoms with Crippen LogP contribution in [0.15, 0.2) is 42.5 Å². The fourth-order valence-corrected chi connectivity index (χ4v) is 4.84. The van der Waals surface area contributed by atoms with E-state index >= 15 is 0 Å². The van der Waals surface area contributed by atoms with Crippen LogP contribution < -0.4 is 5.32 Å². The highest BCUT2D eigenvalue weighted by molar-refractivity contribution is 5.94. The van der Waals surface area contributed by atoms with Crippen molar-refractivity contribution in [3.05, 3.63) is 70.3 Å². The molecule has 1 aliphatic carbocycles. The van der Waals surface area contributed by atoms with Crippen molar-refractivity contribution in [1.82, 2.24) is 15.1 Å². The van der Waals surface area contributed by atoms with Crippen molar-refractivity contribution in [1.29, 1.82) is 0 Å². The lowest BCUT2D eigenvalue weighted by molar-refractivity contribution is 0.0947. The van der Waals surface area contributed by atoms with Gasteiger partial charge < -0.3 is 10.2 Å². The highest BCUT2D eigenvalue weighted by atomic mass is 16.1. The summed E-state index contributed by atoms with van der Waals surface area (Å²) in [6.07, 6.45) is 3.56. The normalized spacial score (nSPS) is 20.3. The van der Waals surface area contributed by atoms with Crippen LogP contribution in [0.2, 0.25) is 0 Å². The van der Waals surface area contributed by atoms with Gasteiger partial charge in [-0.3, -0.25) is 9.69 Å². The molecule has 0 spiro atoms. The summed E-state index contributed by atoms with van der Waals surface area (Å²) >= 11 is 0. The average molecular weight is 420 g/mol. The number of piperazine rings is 1. The van der Waals surface area contributed by atoms with Gasteiger partial charge in [-0.1, -0.05) is 51.1 Å². The number of hydrogen-bond donors (Lipinski definition) is 1. The summed E-state index contributed by atoms with van der Waals surface area (Å²) in [5.74, 6) is 0.0189. The number of nitrogens with zero attached hydrogens (tertiary/aromatic N) is 2. The molecule has 0 saturated carbocycles. The van der Waals surface area contributed by atoms with Crippen LogP contribution >= 0.6 is 0 Å². The Morgan fingerprint density at radius 2 is 1.74 bits per heavy atom. The second-order valence-electron chi connectivity index (χ2n) is 10.3. The van der Waals surface area contributed by atoms with Gasteiger partial charge in [0.15, 0.2) is 0 Å². The van der Waals surface area contributed by atoms with Gasteiger partial charge in [-0.05, 0) is 66.1 Å². The molecule has 4 heteroatoms. The first kappa shape index (κ1) is 22.0. The number of nitrogens with one attached hydrogen (secondary N) is 1. The van der Waals surface area contributed by atoms with E-state index in [0.717, 1.165) is 43.7 Å². The van der Waals surface area contributed by atoms with Gasteiger partial charge in [-0.2, -0.15) is 0 Å². The Balaban J connectivity index is 1.44. The minimum atomic E-state index is 0.0189. The second kappa shape index (κ2) is 9.13. The highest BCUT2D eigenvalue weighted by Crippen LogP contribution is 2.35. The van der Waals surface area contributed by atoms with Gasteiger partial charge in [-0.25, -0.2) is 0 Å². The first-order valence-electron chi connectivity index (χ1n) is 11.7. The van der Waals surface area contributed by atoms with Crippen molar-refractivity contribution in [2.24, 2.45) is 0 Å². The maximum absolute atomic E-state index is 12.9. The number of hydrogen-bond acceptors (Lipinski definition) is 3. The molecule has 1 heterocycles. The zero-order valence-corrected chi connectivity index (χ0v) is 19.6. The van der Waals surface area contributed by atoms with Gasteiger partial charge in [0, 0.05) is 44.3 Å². The highest BCUT2D eigenvalue weighted by Gasteiger charge is 2.28. The van der Waals surface area contributed by atoms with E-state index in [9.17, 15) is 4.79 Å². The van der Waals surface area contributed by atoms with Gasteiger partial charge in [-0.15, -0.1) is 0 Å². The standard InChI is InChI=1S/C27H37N3O/c1-27(2,3)23-12-8-20(9-13-23)19-28-26(31)22-11-10-21-6-5-7-25(24(21)18-22)30-16-14-29(4)15-17-30/h8-13,18,25H,5-7,14-17,19H2,1-4H3,(H,28,31). The van der Waals surface area contributed by atoms with E-state index in [2.05, 4.69) is 79.3 Å². The van der Waals surface area contributed by atoms with Crippen molar-refractivity contribution < 1.29 is 4.79 Å². The summed E-state index contributed by atoms with van der Waals surface area (Å²) in [6.45, 7) is 11.7. The van der Waals surface area contributed by atoms with Crippen molar-refractivity contribution in [3.8, 4) is 0 Å². The number of fused-ring (bicyclic) bond motifs is 1. The smallest absolute Gasteiger partial charge is 0.251 e. The van der Waals surface area contributed by atoms with Crippen LogP contribution in [0.3, 0.4) is 0 Å². The predicted molar refractivity (Wildman–Crippen MR) is 128 cm³/mol. The minimum absolute atomic E-state index is 0.0189. The van der Waals surface area contributed by atoms with E-state index < -0.39 is 0 Å². The van der Waals surface area contributed by atoms with Gasteiger partial charge in [0.2, 0.25) is 0 Å². The van der Waals surface area contributed by atoms with Gasteiger partial charge in [0.05, 0.1) is 0 Å². The molecule has 2 aromatic carbocycles. The van der Waals surface area contributed by atoms with E-state index in [1.54, 1.807) is 0 Å². The van der Waals surface area contributed by atoms with E-state index in [1.165, 1.54) is 29.5 Å². The lowest BCUT2D eigenvalue weighted by Crippen LogP contribution is -2.46. The average Bonchev–Trinajstić information content (AvgIpc) is 2.77. The van der Waals surface area contributed by atoms with Crippen molar-refractivity contribution in [3.63, 3.8) is 0 Å². The van der Waals surface area contributed by atoms with Gasteiger partial charge >= 0.3 is 0 Å². The molecule has 166 valence electrons. The Kier molecular flexibility index (Phi) is 6.49. The Bertz CT molecular complexity index is 905. The van der Waals surface area contributed by atoms with E-state index in [4.69, 9.17) is 0 Å². The fourth-order valence-electron chi connectivity index (χ4n) is 4.84. The van der Waals surface area contributed by atoms with Crippen LogP contribution in [0.1, 0.15) is 72.3 Å². The van der Waals surface area contributed by atoms with Crippen LogP contribution in [-0.2, 0) is 18.4 Å². The Labute approximate surface area is 187 Å². The number of amides is 1. The zero-order valence-electron chi connectivity index (χ0n) is 19.6. The molecule has 1 unspecified atom stereocenters. The number of rotatable bonds is 4. The molecule has 1 atom stereocenters. The third kappa shape index (κ3) is 5.19. The van der Waals surface area contributed by atoms with Gasteiger partial charge in [0.1, 0.15) is 0 Å². The largest absolute Gasteiger partial charge is 0.348 e. The molecule has 0 bridgehead atoms. The van der Waals surface area contributed by atoms with Crippen LogP contribution in [-0.4, -0.2) is 48.9 Å². The summed E-state index contributed by atoms with van der Waals surface area (Å²) < 4.78 is 0. The van der Waals surface area contributed by atoms with Gasteiger partial charge in [0.25, 0.3) is 5.91 Å². The topological polar surface area (TPSA) is 35.6 Å². The van der Waals surface area contributed by atoms with Crippen LogP contribution in [0, 0.1) is 0 Å². The Morgan fingerprint density at radius 3 is 2.42 bits per heavy atom. The number of benzene rings is 2. The summed E-state index contributed by atoms with van der Waals surface area (Å²) in [4.78, 5) is 17.9. The molecule has 0 radical (unpaired) electrons. The molecule has 1 saturated heterocycles. The summed E-state index contributed by atoms with van der Waals surface area (Å²) in [5, 5.41) is 3.12. The van der Waals surface area contributed by atoms with Crippen molar-refractivity contribution >= 4 is 5.91 Å². The van der Waals surface area contributed by atoms with Crippen LogP contribution in [0.25, 0.3) is 0 Å². The molecule has 0 aromatic heterocycles. The molecular weight excluding hydrogens is 382 g/mol. The summed E-state index contributed by atoms with van der Waals surface area (Å²) in [7, 11) is 2.20. The number of carbonyl (C=O) groups is 1. The minimum Gasteiger partial charge on any atom is -0.348 e. The molecule has 1 aliphatic heterocycles. The lowest BCUT2D eigenvalue weighted by Gasteiger charge is -2.40. The second-order valence-corrected chi connectivity index (χ2v) is 10.3. The number of likely N-dealkylation sites (N-methyl/N-ethyl adjacent to an activating group) is 1. The molecule has 31 heavy (non-hydrogen) atoms. The van der Waals surface area contributed by atoms with Crippen LogP contribution in [0.5, 0.6) is 0 Å². The maximum atomic E-state index is 12.9. The van der Waals surface area contributed by atoms with Crippen LogP contribution in [0.4, 0.5) is 0 Å². The zero-order chi connectivity index (χ0) is 22.0. The first-order chi connectivity index (χ1) is 14.8. The SMILES string of the molecule is CN1CCN(C2CCCc3ccc(C(=O)NCc4ccc(C(C)(C)C)cc4)cc32)CC1. The van der Waals surface area contributed by atoms with Crippen molar-refractivity contribution in [2.45, 2.75) is 58.0 Å². The van der Waals surface area contributed by atoms with E-state index in [-0.39, 0.29) is 11.3 Å². The fraction of sp³-hybridized carbons (Fsp3) is 0.519. The molecule has 1 N–H and O–H groups in total. The maximum Gasteiger partial charge on any atom is 0.251 e. The first-order valence-corrected chi connectivity index (χ1v) is 11.7. The molecular formula is C27H37N3O. The van der Waals surface area contributed by atoms with Crippen molar-refractivity contribution in [2.75, 3.05) is 33.2 Å². The number of carbonyl (C=O) groups excluding carboxylic acids is 1. The summed E-state index contributed by atoms with van der Waals surface area (Å²) in [5.41, 5.74) is 6.17. The van der Waals surface area contributed by atoms with E-state index in [1.807, 2.05) is 6.07 Å². The monoisotopic (exact) mass is 419 g/mol. The Hall–Kier alpha value is -2.17. The lowest BCUT2D eigenvalue weighted by atomic mass is 9.85. The third-order valence-electron chi connectivity index (χ3n) is 6.94. The number of aryl methyl sites for hydroxylation is 1. The molecule has 4 nitrogen and oxygen atoms in total. The Morgan fingerprint density at radius 1 is 1.03 bits per heavy atom. The predicted octanol–water partition coefficient (Wildman–Crippen LogP) is 4.54. The quantitative estimate of drug-likeness (QED) is 0.790.